The van der Waals surface area contributed by atoms with Crippen LogP contribution in [0.1, 0.15) is 49.8 Å². The quantitative estimate of drug-likeness (QED) is 0.856. The van der Waals surface area contributed by atoms with E-state index in [0.29, 0.717) is 24.4 Å². The minimum atomic E-state index is 0.311. The van der Waals surface area contributed by atoms with Crippen molar-refractivity contribution >= 4 is 5.95 Å². The molecule has 1 atom stereocenters. The molecule has 8 nitrogen and oxygen atoms in total. The summed E-state index contributed by atoms with van der Waals surface area (Å²) in [6.07, 6.45) is 3.96. The molecule has 1 fully saturated rings. The molecule has 1 aliphatic rings. The van der Waals surface area contributed by atoms with Crippen molar-refractivity contribution in [3.8, 4) is 0 Å². The molecule has 0 amide bonds. The summed E-state index contributed by atoms with van der Waals surface area (Å²) in [5.41, 5.74) is 2.02. The van der Waals surface area contributed by atoms with E-state index in [-0.39, 0.29) is 0 Å². The fourth-order valence-electron chi connectivity index (χ4n) is 3.10. The van der Waals surface area contributed by atoms with Crippen molar-refractivity contribution < 1.29 is 4.52 Å². The van der Waals surface area contributed by atoms with E-state index in [9.17, 15) is 0 Å². The highest BCUT2D eigenvalue weighted by Crippen LogP contribution is 2.16. The summed E-state index contributed by atoms with van der Waals surface area (Å²) < 4.78 is 5.04. The van der Waals surface area contributed by atoms with Gasteiger partial charge in [-0.3, -0.25) is 4.90 Å². The molecule has 0 radical (unpaired) electrons. The second-order valence-corrected chi connectivity index (χ2v) is 6.18. The molecule has 24 heavy (non-hydrogen) atoms. The number of aryl methyl sites for hydroxylation is 3. The van der Waals surface area contributed by atoms with Crippen LogP contribution >= 0.6 is 0 Å². The average molecular weight is 331 g/mol. The number of anilines is 1. The van der Waals surface area contributed by atoms with Crippen LogP contribution in [-0.4, -0.2) is 49.4 Å². The number of hydrogen-bond donors (Lipinski definition) is 1. The molecule has 3 rings (SSSR count). The van der Waals surface area contributed by atoms with E-state index in [0.717, 1.165) is 56.0 Å². The number of piperidine rings is 1. The zero-order chi connectivity index (χ0) is 16.9. The predicted molar refractivity (Wildman–Crippen MR) is 89.5 cm³/mol. The standard InChI is InChI=1S/C16H25N7O/c1-4-13-14(5-2)20-21-16(19-13)18-12-7-6-8-23(9-12)10-15-17-11(3)24-22-15/h12H,4-10H2,1-3H3,(H,18,19,21). The van der Waals surface area contributed by atoms with Gasteiger partial charge in [-0.05, 0) is 32.2 Å². The van der Waals surface area contributed by atoms with Gasteiger partial charge in [0.25, 0.3) is 0 Å². The lowest BCUT2D eigenvalue weighted by molar-refractivity contribution is 0.201. The number of nitrogens with zero attached hydrogens (tertiary/aromatic N) is 6. The molecular formula is C16H25N7O. The largest absolute Gasteiger partial charge is 0.349 e. The lowest BCUT2D eigenvalue weighted by Gasteiger charge is -2.32. The van der Waals surface area contributed by atoms with E-state index in [4.69, 9.17) is 4.52 Å². The second-order valence-electron chi connectivity index (χ2n) is 6.18. The maximum absolute atomic E-state index is 5.04. The number of likely N-dealkylation sites (tertiary alicyclic amines) is 1. The van der Waals surface area contributed by atoms with Crippen LogP contribution in [0, 0.1) is 6.92 Å². The molecule has 1 N–H and O–H groups in total. The summed E-state index contributed by atoms with van der Waals surface area (Å²) in [4.78, 5) is 11.2. The van der Waals surface area contributed by atoms with Crippen molar-refractivity contribution in [2.75, 3.05) is 18.4 Å². The Kier molecular flexibility index (Phi) is 5.34. The summed E-state index contributed by atoms with van der Waals surface area (Å²) >= 11 is 0. The van der Waals surface area contributed by atoms with Gasteiger partial charge in [-0.2, -0.15) is 10.1 Å². The maximum atomic E-state index is 5.04. The topological polar surface area (TPSA) is 92.9 Å². The molecule has 0 aromatic carbocycles. The van der Waals surface area contributed by atoms with Gasteiger partial charge < -0.3 is 9.84 Å². The van der Waals surface area contributed by atoms with Crippen molar-refractivity contribution in [1.29, 1.82) is 0 Å². The molecule has 2 aromatic rings. The van der Waals surface area contributed by atoms with Crippen LogP contribution in [-0.2, 0) is 19.4 Å². The van der Waals surface area contributed by atoms with Crippen molar-refractivity contribution in [1.82, 2.24) is 30.2 Å². The number of aromatic nitrogens is 5. The number of rotatable bonds is 6. The third kappa shape index (κ3) is 4.05. The van der Waals surface area contributed by atoms with E-state index in [1.165, 1.54) is 0 Å². The van der Waals surface area contributed by atoms with Gasteiger partial charge in [-0.25, -0.2) is 4.98 Å². The van der Waals surface area contributed by atoms with E-state index >= 15 is 0 Å². The molecule has 8 heteroatoms. The van der Waals surface area contributed by atoms with Gasteiger partial charge in [-0.1, -0.05) is 19.0 Å². The van der Waals surface area contributed by atoms with E-state index < -0.39 is 0 Å². The molecule has 3 heterocycles. The number of nitrogens with one attached hydrogen (secondary N) is 1. The van der Waals surface area contributed by atoms with Crippen molar-refractivity contribution in [3.05, 3.63) is 23.1 Å². The summed E-state index contributed by atoms with van der Waals surface area (Å²) in [5, 5.41) is 16.0. The SMILES string of the molecule is CCc1nnc(NC2CCCN(Cc3noc(C)n3)C2)nc1CC. The molecule has 130 valence electrons. The first-order valence-electron chi connectivity index (χ1n) is 8.68. The van der Waals surface area contributed by atoms with Gasteiger partial charge in [0.15, 0.2) is 5.82 Å². The highest BCUT2D eigenvalue weighted by molar-refractivity contribution is 5.27. The van der Waals surface area contributed by atoms with Crippen LogP contribution in [0.4, 0.5) is 5.95 Å². The molecular weight excluding hydrogens is 306 g/mol. The molecule has 0 spiro atoms. The van der Waals surface area contributed by atoms with Gasteiger partial charge in [-0.15, -0.1) is 5.10 Å². The van der Waals surface area contributed by atoms with Gasteiger partial charge in [0.1, 0.15) is 0 Å². The van der Waals surface area contributed by atoms with Gasteiger partial charge in [0.2, 0.25) is 11.8 Å². The molecule has 1 unspecified atom stereocenters. The van der Waals surface area contributed by atoms with Gasteiger partial charge in [0, 0.05) is 19.5 Å². The second kappa shape index (κ2) is 7.65. The summed E-state index contributed by atoms with van der Waals surface area (Å²) in [6, 6.07) is 0.311. The van der Waals surface area contributed by atoms with E-state index in [1.807, 2.05) is 6.92 Å². The Hall–Kier alpha value is -2.09. The Morgan fingerprint density at radius 1 is 1.17 bits per heavy atom. The fourth-order valence-corrected chi connectivity index (χ4v) is 3.10. The Labute approximate surface area is 142 Å². The molecule has 0 bridgehead atoms. The Morgan fingerprint density at radius 3 is 2.71 bits per heavy atom. The van der Waals surface area contributed by atoms with E-state index in [1.54, 1.807) is 0 Å². The van der Waals surface area contributed by atoms with Crippen molar-refractivity contribution in [3.63, 3.8) is 0 Å². The maximum Gasteiger partial charge on any atom is 0.243 e. The van der Waals surface area contributed by atoms with Crippen LogP contribution in [0.2, 0.25) is 0 Å². The Balaban J connectivity index is 1.60. The molecule has 1 aliphatic heterocycles. The summed E-state index contributed by atoms with van der Waals surface area (Å²) in [7, 11) is 0. The molecule has 2 aromatic heterocycles. The first-order valence-corrected chi connectivity index (χ1v) is 8.68. The first-order chi connectivity index (χ1) is 11.7. The van der Waals surface area contributed by atoms with Crippen LogP contribution in [0.5, 0.6) is 0 Å². The average Bonchev–Trinajstić information content (AvgIpc) is 3.00. The van der Waals surface area contributed by atoms with Crippen molar-refractivity contribution in [2.24, 2.45) is 0 Å². The van der Waals surface area contributed by atoms with Crippen LogP contribution in [0.15, 0.2) is 4.52 Å². The lowest BCUT2D eigenvalue weighted by atomic mass is 10.1. The van der Waals surface area contributed by atoms with Crippen LogP contribution in [0.25, 0.3) is 0 Å². The zero-order valence-electron chi connectivity index (χ0n) is 14.6. The normalized spacial score (nSPS) is 18.7. The minimum absolute atomic E-state index is 0.311. The zero-order valence-corrected chi connectivity index (χ0v) is 14.6. The van der Waals surface area contributed by atoms with E-state index in [2.05, 4.69) is 49.4 Å². The lowest BCUT2D eigenvalue weighted by Crippen LogP contribution is -2.42. The third-order valence-electron chi connectivity index (χ3n) is 4.28. The first kappa shape index (κ1) is 16.8. The highest BCUT2D eigenvalue weighted by Gasteiger charge is 2.22. The Morgan fingerprint density at radius 2 is 2.00 bits per heavy atom. The minimum Gasteiger partial charge on any atom is -0.349 e. The van der Waals surface area contributed by atoms with Gasteiger partial charge >= 0.3 is 0 Å². The van der Waals surface area contributed by atoms with Gasteiger partial charge in [0.05, 0.1) is 17.9 Å². The smallest absolute Gasteiger partial charge is 0.243 e. The predicted octanol–water partition coefficient (Wildman–Crippen LogP) is 1.76. The number of hydrogen-bond acceptors (Lipinski definition) is 8. The molecule has 0 aliphatic carbocycles. The monoisotopic (exact) mass is 331 g/mol. The van der Waals surface area contributed by atoms with Crippen LogP contribution < -0.4 is 5.32 Å². The van der Waals surface area contributed by atoms with Crippen molar-refractivity contribution in [2.45, 2.75) is 59.0 Å². The van der Waals surface area contributed by atoms with Crippen LogP contribution in [0.3, 0.4) is 0 Å². The Bertz CT molecular complexity index is 672. The summed E-state index contributed by atoms with van der Waals surface area (Å²) in [5.74, 6) is 1.98. The fraction of sp³-hybridized carbons (Fsp3) is 0.688. The molecule has 1 saturated heterocycles. The molecule has 0 saturated carbocycles. The highest BCUT2D eigenvalue weighted by atomic mass is 16.5. The third-order valence-corrected chi connectivity index (χ3v) is 4.28. The summed E-state index contributed by atoms with van der Waals surface area (Å²) in [6.45, 7) is 8.66.